The van der Waals surface area contributed by atoms with Crippen molar-refractivity contribution in [2.45, 2.75) is 47.5 Å². The lowest BCUT2D eigenvalue weighted by Gasteiger charge is -2.04. The fourth-order valence-electron chi connectivity index (χ4n) is 1.14. The monoisotopic (exact) mass is 255 g/mol. The highest BCUT2D eigenvalue weighted by Crippen LogP contribution is 2.24. The molecule has 0 aliphatic rings. The first-order chi connectivity index (χ1) is 8.60. The SMILES string of the molecule is CC.CCC.CCc1ccc([N+](=O)[O-])cc1OC. The standard InChI is InChI=1S/C9H11NO3.C3H8.C2H6/c1-3-7-4-5-8(10(11)12)6-9(7)13-2;1-3-2;1-2/h4-6H,3H2,1-2H3;3H2,1-2H3;1-2H3. The first-order valence-corrected chi connectivity index (χ1v) is 6.41. The van der Waals surface area contributed by atoms with Gasteiger partial charge in [0.2, 0.25) is 0 Å². The van der Waals surface area contributed by atoms with Gasteiger partial charge in [-0.2, -0.15) is 0 Å². The van der Waals surface area contributed by atoms with E-state index in [4.69, 9.17) is 4.74 Å². The Balaban J connectivity index is 0. The first kappa shape index (κ1) is 18.8. The summed E-state index contributed by atoms with van der Waals surface area (Å²) < 4.78 is 5.02. The average Bonchev–Trinajstić information content (AvgIpc) is 2.41. The van der Waals surface area contributed by atoms with Crippen LogP contribution in [0.1, 0.15) is 46.6 Å². The topological polar surface area (TPSA) is 52.4 Å². The van der Waals surface area contributed by atoms with Gasteiger partial charge >= 0.3 is 0 Å². The maximum atomic E-state index is 10.4. The quantitative estimate of drug-likeness (QED) is 0.585. The van der Waals surface area contributed by atoms with E-state index in [0.29, 0.717) is 5.75 Å². The molecule has 0 atom stereocenters. The van der Waals surface area contributed by atoms with Gasteiger partial charge in [-0.15, -0.1) is 0 Å². The van der Waals surface area contributed by atoms with E-state index in [1.807, 2.05) is 20.8 Å². The lowest BCUT2D eigenvalue weighted by Crippen LogP contribution is -1.93. The van der Waals surface area contributed by atoms with Gasteiger partial charge in [-0.3, -0.25) is 10.1 Å². The molecule has 104 valence electrons. The number of non-ortho nitro benzene ring substituents is 1. The summed E-state index contributed by atoms with van der Waals surface area (Å²) in [5.41, 5.74) is 1.04. The second kappa shape index (κ2) is 11.9. The highest BCUT2D eigenvalue weighted by molar-refractivity contribution is 5.44. The van der Waals surface area contributed by atoms with Crippen molar-refractivity contribution in [2.24, 2.45) is 0 Å². The zero-order valence-electron chi connectivity index (χ0n) is 12.3. The van der Waals surface area contributed by atoms with E-state index in [1.165, 1.54) is 25.7 Å². The van der Waals surface area contributed by atoms with Crippen LogP contribution >= 0.6 is 0 Å². The first-order valence-electron chi connectivity index (χ1n) is 6.41. The summed E-state index contributed by atoms with van der Waals surface area (Å²) >= 11 is 0. The molecule has 0 unspecified atom stereocenters. The largest absolute Gasteiger partial charge is 0.496 e. The van der Waals surface area contributed by atoms with Crippen LogP contribution in [0.25, 0.3) is 0 Å². The number of hydrogen-bond donors (Lipinski definition) is 0. The summed E-state index contributed by atoms with van der Waals surface area (Å²) in [5, 5.41) is 10.4. The summed E-state index contributed by atoms with van der Waals surface area (Å²) in [6.45, 7) is 10.2. The van der Waals surface area contributed by atoms with Gasteiger partial charge in [0, 0.05) is 6.07 Å². The van der Waals surface area contributed by atoms with Gasteiger partial charge in [0.05, 0.1) is 18.1 Å². The Hall–Kier alpha value is -1.58. The number of nitrogens with zero attached hydrogens (tertiary/aromatic N) is 1. The van der Waals surface area contributed by atoms with E-state index in [-0.39, 0.29) is 5.69 Å². The summed E-state index contributed by atoms with van der Waals surface area (Å²) in [5.74, 6) is 0.580. The fraction of sp³-hybridized carbons (Fsp3) is 0.571. The molecule has 0 amide bonds. The second-order valence-corrected chi connectivity index (χ2v) is 3.31. The van der Waals surface area contributed by atoms with Gasteiger partial charge in [-0.25, -0.2) is 0 Å². The molecule has 4 nitrogen and oxygen atoms in total. The summed E-state index contributed by atoms with van der Waals surface area (Å²) in [4.78, 5) is 9.99. The molecule has 4 heteroatoms. The highest BCUT2D eigenvalue weighted by Gasteiger charge is 2.09. The predicted octanol–water partition coefficient (Wildman–Crippen LogP) is 4.61. The van der Waals surface area contributed by atoms with Crippen molar-refractivity contribution in [3.63, 3.8) is 0 Å². The molecule has 0 aliphatic carbocycles. The van der Waals surface area contributed by atoms with Crippen LogP contribution in [0, 0.1) is 10.1 Å². The van der Waals surface area contributed by atoms with Gasteiger partial charge in [-0.05, 0) is 18.1 Å². The smallest absolute Gasteiger partial charge is 0.273 e. The van der Waals surface area contributed by atoms with Crippen molar-refractivity contribution in [2.75, 3.05) is 7.11 Å². The second-order valence-electron chi connectivity index (χ2n) is 3.31. The van der Waals surface area contributed by atoms with Gasteiger partial charge in [0.1, 0.15) is 5.75 Å². The number of rotatable bonds is 3. The van der Waals surface area contributed by atoms with Crippen molar-refractivity contribution >= 4 is 5.69 Å². The van der Waals surface area contributed by atoms with Crippen LogP contribution in [0.15, 0.2) is 18.2 Å². The number of aryl methyl sites for hydroxylation is 1. The number of benzene rings is 1. The van der Waals surface area contributed by atoms with Crippen molar-refractivity contribution in [1.82, 2.24) is 0 Å². The van der Waals surface area contributed by atoms with E-state index >= 15 is 0 Å². The van der Waals surface area contributed by atoms with Crippen molar-refractivity contribution in [1.29, 1.82) is 0 Å². The van der Waals surface area contributed by atoms with Crippen LogP contribution < -0.4 is 4.74 Å². The van der Waals surface area contributed by atoms with E-state index in [9.17, 15) is 10.1 Å². The zero-order valence-corrected chi connectivity index (χ0v) is 12.3. The van der Waals surface area contributed by atoms with Crippen LogP contribution in [0.4, 0.5) is 5.69 Å². The van der Waals surface area contributed by atoms with Crippen LogP contribution in [0.5, 0.6) is 5.75 Å². The van der Waals surface area contributed by atoms with Gasteiger partial charge in [0.25, 0.3) is 5.69 Å². The fourth-order valence-corrected chi connectivity index (χ4v) is 1.14. The summed E-state index contributed by atoms with van der Waals surface area (Å²) in [7, 11) is 1.51. The molecule has 0 saturated carbocycles. The molecule has 0 bridgehead atoms. The Kier molecular flexibility index (Phi) is 12.4. The van der Waals surface area contributed by atoms with Crippen molar-refractivity contribution in [3.05, 3.63) is 33.9 Å². The molecule has 0 aromatic heterocycles. The van der Waals surface area contributed by atoms with Crippen LogP contribution in [0.2, 0.25) is 0 Å². The predicted molar refractivity (Wildman–Crippen MR) is 76.3 cm³/mol. The van der Waals surface area contributed by atoms with Crippen LogP contribution in [0.3, 0.4) is 0 Å². The Morgan fingerprint density at radius 1 is 1.22 bits per heavy atom. The van der Waals surface area contributed by atoms with Gasteiger partial charge in [0.15, 0.2) is 0 Å². The molecular formula is C14H25NO3. The molecule has 1 aromatic rings. The molecule has 0 spiro atoms. The Bertz CT molecular complexity index is 338. The van der Waals surface area contributed by atoms with E-state index < -0.39 is 4.92 Å². The Morgan fingerprint density at radius 2 is 1.72 bits per heavy atom. The van der Waals surface area contributed by atoms with Crippen molar-refractivity contribution < 1.29 is 9.66 Å². The van der Waals surface area contributed by atoms with Crippen molar-refractivity contribution in [3.8, 4) is 5.75 Å². The van der Waals surface area contributed by atoms with Gasteiger partial charge < -0.3 is 4.74 Å². The molecule has 1 rings (SSSR count). The molecule has 0 fully saturated rings. The molecule has 18 heavy (non-hydrogen) atoms. The Labute approximate surface area is 110 Å². The van der Waals surface area contributed by atoms with Crippen LogP contribution in [-0.2, 0) is 6.42 Å². The number of nitro groups is 1. The minimum atomic E-state index is -0.429. The third kappa shape index (κ3) is 6.89. The third-order valence-electron chi connectivity index (χ3n) is 1.86. The minimum absolute atomic E-state index is 0.0639. The minimum Gasteiger partial charge on any atom is -0.496 e. The molecular weight excluding hydrogens is 230 g/mol. The summed E-state index contributed by atoms with van der Waals surface area (Å²) in [6.07, 6.45) is 2.06. The molecule has 1 aromatic carbocycles. The highest BCUT2D eigenvalue weighted by atomic mass is 16.6. The normalized spacial score (nSPS) is 8.33. The maximum absolute atomic E-state index is 10.4. The molecule has 0 N–H and O–H groups in total. The number of hydrogen-bond acceptors (Lipinski definition) is 3. The number of methoxy groups -OCH3 is 1. The summed E-state index contributed by atoms with van der Waals surface area (Å²) in [6, 6.07) is 4.65. The number of nitro benzene ring substituents is 1. The maximum Gasteiger partial charge on any atom is 0.273 e. The molecule has 0 heterocycles. The number of ether oxygens (including phenoxy) is 1. The third-order valence-corrected chi connectivity index (χ3v) is 1.86. The van der Waals surface area contributed by atoms with E-state index in [2.05, 4.69) is 13.8 Å². The molecule has 0 saturated heterocycles. The molecule has 0 aliphatic heterocycles. The lowest BCUT2D eigenvalue weighted by atomic mass is 10.1. The van der Waals surface area contributed by atoms with Gasteiger partial charge in [-0.1, -0.05) is 41.0 Å². The zero-order chi connectivity index (χ0) is 14.6. The van der Waals surface area contributed by atoms with E-state index in [1.54, 1.807) is 6.07 Å². The average molecular weight is 255 g/mol. The molecule has 0 radical (unpaired) electrons. The van der Waals surface area contributed by atoms with E-state index in [0.717, 1.165) is 12.0 Å². The Morgan fingerprint density at radius 3 is 2.06 bits per heavy atom. The van der Waals surface area contributed by atoms with Crippen LogP contribution in [-0.4, -0.2) is 12.0 Å². The lowest BCUT2D eigenvalue weighted by molar-refractivity contribution is -0.384.